The molecule has 1 aromatic carbocycles. The molecule has 0 spiro atoms. The first kappa shape index (κ1) is 17.2. The lowest BCUT2D eigenvalue weighted by atomic mass is 10.0. The van der Waals surface area contributed by atoms with Gasteiger partial charge in [0.05, 0.1) is 5.60 Å². The van der Waals surface area contributed by atoms with Gasteiger partial charge in [0, 0.05) is 51.7 Å². The Hall–Kier alpha value is -2.18. The maximum Gasteiger partial charge on any atom is 0.293 e. The number of hydrogen-bond donors (Lipinski definition) is 1. The number of anilines is 1. The molecule has 0 amide bonds. The minimum absolute atomic E-state index is 0.0553. The first-order valence-corrected chi connectivity index (χ1v) is 9.31. The Kier molecular flexibility index (Phi) is 4.54. The Bertz CT molecular complexity index is 818. The van der Waals surface area contributed by atoms with Crippen LogP contribution in [0.2, 0.25) is 0 Å². The number of likely N-dealkylation sites (N-methyl/N-ethyl adjacent to an activating group) is 1. The van der Waals surface area contributed by atoms with Crippen LogP contribution in [0.3, 0.4) is 0 Å². The molecule has 26 heavy (non-hydrogen) atoms. The molecule has 6 heteroatoms. The van der Waals surface area contributed by atoms with E-state index in [4.69, 9.17) is 0 Å². The Morgan fingerprint density at radius 2 is 2.08 bits per heavy atom. The van der Waals surface area contributed by atoms with Crippen LogP contribution >= 0.6 is 0 Å². The van der Waals surface area contributed by atoms with Gasteiger partial charge < -0.3 is 14.6 Å². The average Bonchev–Trinajstić information content (AvgIpc) is 3.40. The molecule has 6 nitrogen and oxygen atoms in total. The molecule has 2 aromatic rings. The Labute approximate surface area is 153 Å². The van der Waals surface area contributed by atoms with Gasteiger partial charge in [-0.2, -0.15) is 0 Å². The first-order valence-electron chi connectivity index (χ1n) is 9.31. The second kappa shape index (κ2) is 6.85. The molecule has 1 aliphatic heterocycles. The van der Waals surface area contributed by atoms with E-state index in [1.807, 2.05) is 30.1 Å². The van der Waals surface area contributed by atoms with Crippen molar-refractivity contribution in [2.75, 3.05) is 31.6 Å². The first-order chi connectivity index (χ1) is 12.5. The molecule has 1 saturated carbocycles. The van der Waals surface area contributed by atoms with Crippen molar-refractivity contribution in [1.82, 2.24) is 14.5 Å². The van der Waals surface area contributed by atoms with Crippen LogP contribution in [0.15, 0.2) is 47.5 Å². The Morgan fingerprint density at radius 1 is 1.31 bits per heavy atom. The molecule has 2 heterocycles. The molecular weight excluding hydrogens is 328 g/mol. The topological polar surface area (TPSA) is 61.6 Å². The van der Waals surface area contributed by atoms with E-state index in [-0.39, 0.29) is 5.56 Å². The van der Waals surface area contributed by atoms with E-state index < -0.39 is 5.60 Å². The number of benzene rings is 1. The lowest BCUT2D eigenvalue weighted by Gasteiger charge is -2.29. The highest BCUT2D eigenvalue weighted by atomic mass is 16.3. The van der Waals surface area contributed by atoms with Crippen molar-refractivity contribution in [3.05, 3.63) is 58.6 Å². The number of β-amino-alcohol motifs (C(OH)–C–C–N with tert-alkyl or cyclic N) is 1. The van der Waals surface area contributed by atoms with Gasteiger partial charge in [-0.25, -0.2) is 4.98 Å². The summed E-state index contributed by atoms with van der Waals surface area (Å²) in [6.07, 6.45) is 6.28. The Morgan fingerprint density at radius 3 is 2.81 bits per heavy atom. The summed E-state index contributed by atoms with van der Waals surface area (Å²) in [6.45, 7) is 2.71. The standard InChI is InChI=1S/C20H26N4O2/c1-22(18-19(25)24(12-10-21-18)17-7-8-17)14-20(26)9-11-23(15-20)13-16-5-3-2-4-6-16/h2-6,10,12,17,26H,7-9,11,13-15H2,1H3. The predicted octanol–water partition coefficient (Wildman–Crippen LogP) is 1.65. The van der Waals surface area contributed by atoms with Crippen molar-refractivity contribution in [1.29, 1.82) is 0 Å². The molecule has 1 aliphatic carbocycles. The smallest absolute Gasteiger partial charge is 0.293 e. The molecule has 1 atom stereocenters. The van der Waals surface area contributed by atoms with Crippen molar-refractivity contribution < 1.29 is 5.11 Å². The third-order valence-corrected chi connectivity index (χ3v) is 5.34. The zero-order valence-electron chi connectivity index (χ0n) is 15.2. The third-order valence-electron chi connectivity index (χ3n) is 5.34. The second-order valence-electron chi connectivity index (χ2n) is 7.72. The summed E-state index contributed by atoms with van der Waals surface area (Å²) in [7, 11) is 1.85. The maximum atomic E-state index is 12.6. The van der Waals surface area contributed by atoms with Gasteiger partial charge in [0.1, 0.15) is 0 Å². The number of likely N-dealkylation sites (tertiary alicyclic amines) is 1. The number of aromatic nitrogens is 2. The summed E-state index contributed by atoms with van der Waals surface area (Å²) >= 11 is 0. The van der Waals surface area contributed by atoms with Crippen LogP contribution in [-0.2, 0) is 6.54 Å². The van der Waals surface area contributed by atoms with Crippen LogP contribution in [0.4, 0.5) is 5.82 Å². The molecule has 0 bridgehead atoms. The van der Waals surface area contributed by atoms with Crippen molar-refractivity contribution in [2.24, 2.45) is 0 Å². The molecule has 1 unspecified atom stereocenters. The summed E-state index contributed by atoms with van der Waals surface area (Å²) in [5, 5.41) is 11.0. The van der Waals surface area contributed by atoms with Gasteiger partial charge in [0.25, 0.3) is 5.56 Å². The molecule has 2 fully saturated rings. The minimum Gasteiger partial charge on any atom is -0.387 e. The zero-order valence-corrected chi connectivity index (χ0v) is 15.2. The van der Waals surface area contributed by atoms with Gasteiger partial charge in [-0.15, -0.1) is 0 Å². The van der Waals surface area contributed by atoms with Crippen molar-refractivity contribution in [2.45, 2.75) is 37.5 Å². The summed E-state index contributed by atoms with van der Waals surface area (Å²) < 4.78 is 1.78. The van der Waals surface area contributed by atoms with Crippen molar-refractivity contribution in [3.63, 3.8) is 0 Å². The lowest BCUT2D eigenvalue weighted by Crippen LogP contribution is -2.45. The minimum atomic E-state index is -0.822. The van der Waals surface area contributed by atoms with Crippen molar-refractivity contribution >= 4 is 5.82 Å². The highest BCUT2D eigenvalue weighted by Gasteiger charge is 2.37. The zero-order chi connectivity index (χ0) is 18.1. The van der Waals surface area contributed by atoms with Gasteiger partial charge in [-0.1, -0.05) is 30.3 Å². The molecule has 2 aliphatic rings. The molecule has 1 aromatic heterocycles. The second-order valence-corrected chi connectivity index (χ2v) is 7.72. The fourth-order valence-corrected chi connectivity index (χ4v) is 3.88. The normalized spacial score (nSPS) is 23.3. The highest BCUT2D eigenvalue weighted by Crippen LogP contribution is 2.33. The largest absolute Gasteiger partial charge is 0.387 e. The SMILES string of the molecule is CN(CC1(O)CCN(Cc2ccccc2)C1)c1nccn(C2CC2)c1=O. The number of rotatable bonds is 6. The number of aliphatic hydroxyl groups is 1. The van der Waals surface area contributed by atoms with Gasteiger partial charge in [-0.3, -0.25) is 9.69 Å². The van der Waals surface area contributed by atoms with Crippen LogP contribution < -0.4 is 10.5 Å². The summed E-state index contributed by atoms with van der Waals surface area (Å²) in [5.41, 5.74) is 0.375. The Balaban J connectivity index is 1.42. The van der Waals surface area contributed by atoms with E-state index in [0.717, 1.165) is 25.9 Å². The lowest BCUT2D eigenvalue weighted by molar-refractivity contribution is 0.0560. The van der Waals surface area contributed by atoms with Gasteiger partial charge in [0.2, 0.25) is 0 Å². The highest BCUT2D eigenvalue weighted by molar-refractivity contribution is 5.35. The van der Waals surface area contributed by atoms with E-state index >= 15 is 0 Å². The molecule has 1 N–H and O–H groups in total. The third kappa shape index (κ3) is 3.66. The van der Waals surface area contributed by atoms with E-state index in [0.29, 0.717) is 31.4 Å². The van der Waals surface area contributed by atoms with E-state index in [2.05, 4.69) is 22.0 Å². The van der Waals surface area contributed by atoms with E-state index in [9.17, 15) is 9.90 Å². The number of nitrogens with zero attached hydrogens (tertiary/aromatic N) is 4. The molecule has 1 saturated heterocycles. The summed E-state index contributed by atoms with van der Waals surface area (Å²) in [6, 6.07) is 10.6. The fourth-order valence-electron chi connectivity index (χ4n) is 3.88. The molecule has 0 radical (unpaired) electrons. The molecule has 138 valence electrons. The van der Waals surface area contributed by atoms with Crippen molar-refractivity contribution in [3.8, 4) is 0 Å². The van der Waals surface area contributed by atoms with E-state index in [1.165, 1.54) is 5.56 Å². The van der Waals surface area contributed by atoms with Gasteiger partial charge in [-0.05, 0) is 24.8 Å². The monoisotopic (exact) mass is 354 g/mol. The van der Waals surface area contributed by atoms with E-state index in [1.54, 1.807) is 17.0 Å². The quantitative estimate of drug-likeness (QED) is 0.855. The number of hydrogen-bond acceptors (Lipinski definition) is 5. The molecule has 4 rings (SSSR count). The average molecular weight is 354 g/mol. The summed E-state index contributed by atoms with van der Waals surface area (Å²) in [4.78, 5) is 21.0. The van der Waals surface area contributed by atoms with Gasteiger partial charge in [0.15, 0.2) is 5.82 Å². The van der Waals surface area contributed by atoms with Gasteiger partial charge >= 0.3 is 0 Å². The maximum absolute atomic E-state index is 12.6. The molecular formula is C20H26N4O2. The fraction of sp³-hybridized carbons (Fsp3) is 0.500. The van der Waals surface area contributed by atoms with Crippen LogP contribution in [0.1, 0.15) is 30.9 Å². The summed E-state index contributed by atoms with van der Waals surface area (Å²) in [5.74, 6) is 0.425. The van der Waals surface area contributed by atoms with Crippen LogP contribution in [0.5, 0.6) is 0 Å². The van der Waals surface area contributed by atoms with Crippen LogP contribution in [0, 0.1) is 0 Å². The van der Waals surface area contributed by atoms with Crippen LogP contribution in [-0.4, -0.2) is 51.8 Å². The predicted molar refractivity (Wildman–Crippen MR) is 101 cm³/mol. The van der Waals surface area contributed by atoms with Crippen LogP contribution in [0.25, 0.3) is 0 Å².